The number of nitrogens with zero attached hydrogens (tertiary/aromatic N) is 2. The van der Waals surface area contributed by atoms with Gasteiger partial charge >= 0.3 is 0 Å². The summed E-state index contributed by atoms with van der Waals surface area (Å²) in [6.45, 7) is 3.23. The second kappa shape index (κ2) is 7.44. The van der Waals surface area contributed by atoms with E-state index in [0.29, 0.717) is 41.4 Å². The second-order valence-corrected chi connectivity index (χ2v) is 7.04. The number of nitrogens with two attached hydrogens (primary N) is 1. The molecule has 1 aromatic heterocycles. The summed E-state index contributed by atoms with van der Waals surface area (Å²) in [7, 11) is 1.84. The van der Waals surface area contributed by atoms with E-state index in [1.54, 1.807) is 6.33 Å². The average molecular weight is 377 g/mol. The smallest absolute Gasteiger partial charge is 0.254 e. The van der Waals surface area contributed by atoms with Crippen molar-refractivity contribution < 1.29 is 9.53 Å². The fourth-order valence-corrected chi connectivity index (χ4v) is 3.56. The number of fused-ring (bicyclic) bond motifs is 2. The molecule has 7 heteroatoms. The van der Waals surface area contributed by atoms with Gasteiger partial charge in [-0.1, -0.05) is 19.1 Å². The predicted octanol–water partition coefficient (Wildman–Crippen LogP) is 2.82. The van der Waals surface area contributed by atoms with E-state index in [1.165, 1.54) is 5.56 Å². The van der Waals surface area contributed by atoms with E-state index in [4.69, 9.17) is 10.5 Å². The zero-order chi connectivity index (χ0) is 19.7. The topological polar surface area (TPSA) is 105 Å². The number of amides is 1. The van der Waals surface area contributed by atoms with E-state index >= 15 is 0 Å². The maximum Gasteiger partial charge on any atom is 0.254 e. The lowest BCUT2D eigenvalue weighted by molar-refractivity contribution is 0.0998. The molecule has 2 aromatic carbocycles. The van der Waals surface area contributed by atoms with Crippen molar-refractivity contribution in [3.8, 4) is 16.9 Å². The van der Waals surface area contributed by atoms with Crippen LogP contribution in [0.15, 0.2) is 35.6 Å². The first kappa shape index (κ1) is 18.2. The number of primary amides is 1. The molecule has 0 fully saturated rings. The number of imidazole rings is 1. The highest BCUT2D eigenvalue weighted by molar-refractivity contribution is 6.10. The Labute approximate surface area is 163 Å². The van der Waals surface area contributed by atoms with Gasteiger partial charge in [0.05, 0.1) is 23.0 Å². The lowest BCUT2D eigenvalue weighted by Crippen LogP contribution is -2.19. The molecular formula is C21H23N5O2. The van der Waals surface area contributed by atoms with Crippen LogP contribution in [0.5, 0.6) is 5.75 Å². The van der Waals surface area contributed by atoms with Gasteiger partial charge in [-0.15, -0.1) is 0 Å². The number of carbonyl (C=O) groups excluding carboxylic acids is 1. The van der Waals surface area contributed by atoms with E-state index < -0.39 is 5.91 Å². The van der Waals surface area contributed by atoms with Crippen LogP contribution in [0, 0.1) is 5.92 Å². The Kier molecular flexibility index (Phi) is 4.83. The van der Waals surface area contributed by atoms with Crippen LogP contribution in [0.2, 0.25) is 0 Å². The van der Waals surface area contributed by atoms with Gasteiger partial charge in [-0.25, -0.2) is 4.98 Å². The Morgan fingerprint density at radius 2 is 2.25 bits per heavy atom. The summed E-state index contributed by atoms with van der Waals surface area (Å²) in [5.41, 5.74) is 11.3. The number of carbonyl (C=O) groups is 1. The molecule has 3 aromatic rings. The first-order valence-corrected chi connectivity index (χ1v) is 9.33. The van der Waals surface area contributed by atoms with Crippen LogP contribution in [0.1, 0.15) is 22.8 Å². The van der Waals surface area contributed by atoms with Crippen LogP contribution in [0.25, 0.3) is 22.2 Å². The van der Waals surface area contributed by atoms with Crippen LogP contribution < -0.4 is 15.8 Å². The third-order valence-corrected chi connectivity index (χ3v) is 4.93. The van der Waals surface area contributed by atoms with Gasteiger partial charge in [0.2, 0.25) is 0 Å². The Morgan fingerprint density at radius 1 is 1.39 bits per heavy atom. The number of aromatic nitrogens is 2. The van der Waals surface area contributed by atoms with Crippen molar-refractivity contribution in [2.24, 2.45) is 16.6 Å². The number of rotatable bonds is 6. The van der Waals surface area contributed by atoms with Gasteiger partial charge in [0.25, 0.3) is 5.91 Å². The van der Waals surface area contributed by atoms with E-state index in [9.17, 15) is 4.79 Å². The highest BCUT2D eigenvalue weighted by Crippen LogP contribution is 2.38. The number of aromatic amines is 1. The highest BCUT2D eigenvalue weighted by Gasteiger charge is 2.21. The molecule has 0 radical (unpaired) electrons. The molecule has 144 valence electrons. The van der Waals surface area contributed by atoms with Crippen molar-refractivity contribution in [1.82, 2.24) is 15.3 Å². The van der Waals surface area contributed by atoms with Crippen LogP contribution >= 0.6 is 0 Å². The summed E-state index contributed by atoms with van der Waals surface area (Å²) in [6.07, 6.45) is 4.53. The average Bonchev–Trinajstić information content (AvgIpc) is 3.16. The Morgan fingerprint density at radius 3 is 3.04 bits per heavy atom. The zero-order valence-corrected chi connectivity index (χ0v) is 16.0. The van der Waals surface area contributed by atoms with E-state index in [1.807, 2.05) is 19.3 Å². The summed E-state index contributed by atoms with van der Waals surface area (Å²) in [5.74, 6) is 0.340. The predicted molar refractivity (Wildman–Crippen MR) is 110 cm³/mol. The van der Waals surface area contributed by atoms with Gasteiger partial charge in [-0.3, -0.25) is 9.79 Å². The minimum atomic E-state index is -0.552. The minimum Gasteiger partial charge on any atom is -0.491 e. The number of ether oxygens (including phenoxy) is 1. The van der Waals surface area contributed by atoms with Crippen LogP contribution in [-0.4, -0.2) is 42.3 Å². The van der Waals surface area contributed by atoms with Crippen molar-refractivity contribution in [2.75, 3.05) is 20.2 Å². The monoisotopic (exact) mass is 377 g/mol. The number of nitrogens with one attached hydrogen (secondary N) is 2. The lowest BCUT2D eigenvalue weighted by Gasteiger charge is -2.17. The first-order chi connectivity index (χ1) is 13.6. The van der Waals surface area contributed by atoms with E-state index in [-0.39, 0.29) is 0 Å². The number of hydrogen-bond donors (Lipinski definition) is 3. The van der Waals surface area contributed by atoms with Crippen molar-refractivity contribution in [3.05, 3.63) is 41.7 Å². The van der Waals surface area contributed by atoms with Gasteiger partial charge in [0, 0.05) is 18.3 Å². The molecule has 1 amide bonds. The van der Waals surface area contributed by atoms with E-state index in [2.05, 4.69) is 45.4 Å². The molecule has 2 heterocycles. The maximum atomic E-state index is 12.1. The van der Waals surface area contributed by atoms with Crippen LogP contribution in [0.3, 0.4) is 0 Å². The highest BCUT2D eigenvalue weighted by atomic mass is 16.5. The third-order valence-electron chi connectivity index (χ3n) is 4.93. The van der Waals surface area contributed by atoms with Crippen molar-refractivity contribution in [3.63, 3.8) is 0 Å². The number of hydrogen-bond acceptors (Lipinski definition) is 5. The van der Waals surface area contributed by atoms with E-state index in [0.717, 1.165) is 23.2 Å². The Bertz CT molecular complexity index is 1070. The molecular weight excluding hydrogens is 354 g/mol. The number of aliphatic imine (C=N–C) groups is 1. The van der Waals surface area contributed by atoms with Crippen LogP contribution in [-0.2, 0) is 6.42 Å². The molecule has 0 bridgehead atoms. The SMILES string of the molecule is CNCCOc1cc(-c2ccc3c(c2)N=CC(C)C3)c2nc[nH]c2c1C(N)=O. The molecule has 0 aliphatic carbocycles. The first-order valence-electron chi connectivity index (χ1n) is 9.33. The quantitative estimate of drug-likeness (QED) is 0.574. The normalized spacial score (nSPS) is 15.6. The molecule has 1 atom stereocenters. The summed E-state index contributed by atoms with van der Waals surface area (Å²) in [4.78, 5) is 24.2. The van der Waals surface area contributed by atoms with Gasteiger partial charge in [-0.05, 0) is 42.6 Å². The third kappa shape index (κ3) is 3.25. The molecule has 0 saturated carbocycles. The molecule has 4 rings (SSSR count). The summed E-state index contributed by atoms with van der Waals surface area (Å²) < 4.78 is 5.86. The second-order valence-electron chi connectivity index (χ2n) is 7.04. The van der Waals surface area contributed by atoms with Gasteiger partial charge in [0.1, 0.15) is 17.9 Å². The minimum absolute atomic E-state index is 0.317. The molecule has 28 heavy (non-hydrogen) atoms. The van der Waals surface area contributed by atoms with Gasteiger partial charge in [-0.2, -0.15) is 0 Å². The summed E-state index contributed by atoms with van der Waals surface area (Å²) >= 11 is 0. The molecule has 1 aliphatic heterocycles. The standard InChI is InChI=1S/C21H23N5O2/c1-12-7-14-4-3-13(8-16(14)24-10-12)15-9-17(28-6-5-23-2)18(21(22)27)20-19(15)25-11-26-20/h3-4,8-12,23H,5-7H2,1-2H3,(H2,22,27)(H,25,26). The van der Waals surface area contributed by atoms with Crippen molar-refractivity contribution in [1.29, 1.82) is 0 Å². The summed E-state index contributed by atoms with van der Waals surface area (Å²) in [6, 6.07) is 8.08. The molecule has 7 nitrogen and oxygen atoms in total. The number of H-pyrrole nitrogens is 1. The van der Waals surface area contributed by atoms with Gasteiger partial charge in [0.15, 0.2) is 0 Å². The zero-order valence-electron chi connectivity index (χ0n) is 16.0. The number of benzene rings is 2. The molecule has 0 spiro atoms. The van der Waals surface area contributed by atoms with Crippen molar-refractivity contribution >= 4 is 28.8 Å². The number of likely N-dealkylation sites (N-methyl/N-ethyl adjacent to an activating group) is 1. The van der Waals surface area contributed by atoms with Crippen molar-refractivity contribution in [2.45, 2.75) is 13.3 Å². The molecule has 0 saturated heterocycles. The fraction of sp³-hybridized carbons (Fsp3) is 0.286. The maximum absolute atomic E-state index is 12.1. The largest absolute Gasteiger partial charge is 0.491 e. The molecule has 4 N–H and O–H groups in total. The molecule has 1 unspecified atom stereocenters. The Hall–Kier alpha value is -3.19. The Balaban J connectivity index is 1.86. The molecule has 1 aliphatic rings. The van der Waals surface area contributed by atoms with Gasteiger partial charge < -0.3 is 20.8 Å². The van der Waals surface area contributed by atoms with Crippen LogP contribution in [0.4, 0.5) is 5.69 Å². The fourth-order valence-electron chi connectivity index (χ4n) is 3.56. The summed E-state index contributed by atoms with van der Waals surface area (Å²) in [5, 5.41) is 3.03. The lowest BCUT2D eigenvalue weighted by atomic mass is 9.93.